The van der Waals surface area contributed by atoms with Crippen molar-refractivity contribution in [3.63, 3.8) is 0 Å². The van der Waals surface area contributed by atoms with Gasteiger partial charge in [-0.1, -0.05) is 0 Å². The normalized spacial score (nSPS) is 15.4. The van der Waals surface area contributed by atoms with Gasteiger partial charge in [-0.15, -0.1) is 0 Å². The first kappa shape index (κ1) is 19.2. The van der Waals surface area contributed by atoms with Crippen LogP contribution in [-0.2, 0) is 30.0 Å². The van der Waals surface area contributed by atoms with Crippen LogP contribution in [-0.4, -0.2) is 71.9 Å². The van der Waals surface area contributed by atoms with Gasteiger partial charge in [0.1, 0.15) is 30.3 Å². The number of carbonyl (C=O) groups is 2. The smallest absolute Gasteiger partial charge is 0.320 e. The quantitative estimate of drug-likeness (QED) is 0.254. The molecule has 4 N–H and O–H groups in total. The second-order valence-electron chi connectivity index (χ2n) is 4.45. The molecule has 0 aromatic carbocycles. The van der Waals surface area contributed by atoms with Crippen LogP contribution in [0.15, 0.2) is 0 Å². The lowest BCUT2D eigenvalue weighted by molar-refractivity contribution is -0.142. The van der Waals surface area contributed by atoms with Crippen molar-refractivity contribution in [2.45, 2.75) is 25.5 Å². The predicted octanol–water partition coefficient (Wildman–Crippen LogP) is -1.02. The number of rotatable bonds is 11. The van der Waals surface area contributed by atoms with Crippen LogP contribution in [0, 0.1) is 0 Å². The van der Waals surface area contributed by atoms with E-state index >= 15 is 0 Å². The summed E-state index contributed by atoms with van der Waals surface area (Å²) >= 11 is 0. The topological polar surface area (TPSA) is 119 Å². The van der Waals surface area contributed by atoms with E-state index in [2.05, 4.69) is 4.74 Å². The van der Waals surface area contributed by atoms with Crippen molar-refractivity contribution < 1.29 is 29.3 Å². The van der Waals surface area contributed by atoms with Gasteiger partial charge in [0.05, 0.1) is 19.5 Å². The van der Waals surface area contributed by atoms with Crippen LogP contribution in [0.1, 0.15) is 13.3 Å². The van der Waals surface area contributed by atoms with Crippen LogP contribution in [0.2, 0.25) is 0 Å². The Balaban J connectivity index is 3.61. The summed E-state index contributed by atoms with van der Waals surface area (Å²) in [6, 6.07) is -0.845. The van der Waals surface area contributed by atoms with Crippen molar-refractivity contribution >= 4 is 22.8 Å². The van der Waals surface area contributed by atoms with E-state index in [1.165, 1.54) is 6.92 Å². The first-order chi connectivity index (χ1) is 9.32. The molecule has 0 aromatic heterocycles. The summed E-state index contributed by atoms with van der Waals surface area (Å²) in [6.45, 7) is 1.91. The van der Waals surface area contributed by atoms with E-state index in [1.54, 1.807) is 0 Å². The highest BCUT2D eigenvalue weighted by Gasteiger charge is 2.21. The van der Waals surface area contributed by atoms with Crippen LogP contribution < -0.4 is 5.73 Å². The van der Waals surface area contributed by atoms with Crippen LogP contribution >= 0.6 is 0 Å². The summed E-state index contributed by atoms with van der Waals surface area (Å²) in [6.07, 6.45) is 1.74. The number of carboxylic acid groups (broad SMARTS) is 1. The lowest BCUT2D eigenvalue weighted by Crippen LogP contribution is -2.34. The summed E-state index contributed by atoms with van der Waals surface area (Å²) in [5.74, 6) is -0.159. The number of aliphatic carboxylic acids is 1. The standard InChI is InChI=1S/C12H23NO6S/c1-9(14)19-5-4-18-7-10(15)8-20(2)6-3-11(13)12(16)17/h10-11,15H,3-8,13H2,1-2H3/p+1/t10?,11-,20?/m0/s1. The van der Waals surface area contributed by atoms with Gasteiger partial charge in [0.15, 0.2) is 0 Å². The molecule has 3 atom stereocenters. The fraction of sp³-hybridized carbons (Fsp3) is 0.833. The summed E-state index contributed by atoms with van der Waals surface area (Å²) in [4.78, 5) is 21.0. The molecule has 0 bridgehead atoms. The molecule has 20 heavy (non-hydrogen) atoms. The van der Waals surface area contributed by atoms with Crippen molar-refractivity contribution in [3.8, 4) is 0 Å². The van der Waals surface area contributed by atoms with Gasteiger partial charge in [0, 0.05) is 13.3 Å². The first-order valence-electron chi connectivity index (χ1n) is 6.29. The molecule has 7 nitrogen and oxygen atoms in total. The summed E-state index contributed by atoms with van der Waals surface area (Å²) in [5, 5.41) is 18.4. The molecule has 0 saturated carbocycles. The van der Waals surface area contributed by atoms with Gasteiger partial charge in [-0.2, -0.15) is 0 Å². The second kappa shape index (κ2) is 10.9. The molecule has 0 heterocycles. The number of hydrogen-bond donors (Lipinski definition) is 3. The Morgan fingerprint density at radius 2 is 2.00 bits per heavy atom. The van der Waals surface area contributed by atoms with Gasteiger partial charge < -0.3 is 25.4 Å². The minimum atomic E-state index is -1.00. The predicted molar refractivity (Wildman–Crippen MR) is 76.7 cm³/mol. The summed E-state index contributed by atoms with van der Waals surface area (Å²) in [7, 11) is -0.110. The number of aliphatic hydroxyl groups excluding tert-OH is 1. The summed E-state index contributed by atoms with van der Waals surface area (Å²) in [5.41, 5.74) is 5.41. The van der Waals surface area contributed by atoms with Gasteiger partial charge in [-0.25, -0.2) is 0 Å². The van der Waals surface area contributed by atoms with E-state index in [0.29, 0.717) is 17.9 Å². The number of hydrogen-bond acceptors (Lipinski definition) is 6. The molecule has 0 aromatic rings. The van der Waals surface area contributed by atoms with E-state index < -0.39 is 18.1 Å². The number of aliphatic hydroxyl groups is 1. The van der Waals surface area contributed by atoms with Crippen LogP contribution in [0.25, 0.3) is 0 Å². The van der Waals surface area contributed by atoms with Crippen LogP contribution in [0.3, 0.4) is 0 Å². The molecular weight excluding hydrogens is 286 g/mol. The molecule has 0 saturated heterocycles. The third kappa shape index (κ3) is 11.0. The Hall–Kier alpha value is -0.830. The molecular formula is C12H24NO6S+. The molecule has 0 radical (unpaired) electrons. The van der Waals surface area contributed by atoms with E-state index in [9.17, 15) is 14.7 Å². The van der Waals surface area contributed by atoms with Crippen molar-refractivity contribution in [2.75, 3.05) is 37.6 Å². The van der Waals surface area contributed by atoms with Crippen molar-refractivity contribution in [3.05, 3.63) is 0 Å². The zero-order chi connectivity index (χ0) is 15.5. The fourth-order valence-corrected chi connectivity index (χ4v) is 2.95. The van der Waals surface area contributed by atoms with Crippen LogP contribution in [0.5, 0.6) is 0 Å². The molecule has 0 spiro atoms. The summed E-state index contributed by atoms with van der Waals surface area (Å²) < 4.78 is 9.85. The molecule has 8 heteroatoms. The lowest BCUT2D eigenvalue weighted by Gasteiger charge is -2.12. The minimum absolute atomic E-state index is 0.110. The Kier molecular flexibility index (Phi) is 10.4. The average Bonchev–Trinajstić information content (AvgIpc) is 2.34. The van der Waals surface area contributed by atoms with Gasteiger partial charge in [-0.05, 0) is 10.9 Å². The zero-order valence-corrected chi connectivity index (χ0v) is 12.7. The Morgan fingerprint density at radius 3 is 2.55 bits per heavy atom. The number of nitrogens with two attached hydrogens (primary N) is 1. The highest BCUT2D eigenvalue weighted by Crippen LogP contribution is 2.01. The van der Waals surface area contributed by atoms with Gasteiger partial charge in [0.2, 0.25) is 0 Å². The molecule has 0 amide bonds. The average molecular weight is 310 g/mol. The monoisotopic (exact) mass is 310 g/mol. The zero-order valence-electron chi connectivity index (χ0n) is 11.9. The van der Waals surface area contributed by atoms with E-state index in [4.69, 9.17) is 15.6 Å². The number of carboxylic acids is 1. The van der Waals surface area contributed by atoms with Crippen molar-refractivity contribution in [1.82, 2.24) is 0 Å². The molecule has 2 unspecified atom stereocenters. The molecule has 0 aliphatic heterocycles. The molecule has 0 aliphatic carbocycles. The van der Waals surface area contributed by atoms with Gasteiger partial charge >= 0.3 is 11.9 Å². The molecule has 0 rings (SSSR count). The Morgan fingerprint density at radius 1 is 1.35 bits per heavy atom. The second-order valence-corrected chi connectivity index (χ2v) is 6.76. The number of esters is 1. The number of ether oxygens (including phenoxy) is 2. The van der Waals surface area contributed by atoms with E-state index in [-0.39, 0.29) is 36.7 Å². The maximum absolute atomic E-state index is 10.6. The molecule has 118 valence electrons. The maximum atomic E-state index is 10.6. The van der Waals surface area contributed by atoms with Crippen molar-refractivity contribution in [1.29, 1.82) is 0 Å². The first-order valence-corrected chi connectivity index (χ1v) is 8.26. The lowest BCUT2D eigenvalue weighted by atomic mass is 10.2. The van der Waals surface area contributed by atoms with Crippen LogP contribution in [0.4, 0.5) is 0 Å². The Labute approximate surface area is 121 Å². The van der Waals surface area contributed by atoms with E-state index in [0.717, 1.165) is 0 Å². The third-order valence-electron chi connectivity index (χ3n) is 2.41. The molecule has 0 aliphatic rings. The van der Waals surface area contributed by atoms with Crippen molar-refractivity contribution in [2.24, 2.45) is 5.73 Å². The highest BCUT2D eigenvalue weighted by molar-refractivity contribution is 7.96. The third-order valence-corrected chi connectivity index (χ3v) is 4.30. The SMILES string of the molecule is CC(=O)OCCOCC(O)C[S+](C)CC[C@H](N)C(=O)O. The molecule has 0 fully saturated rings. The Bertz CT molecular complexity index is 302. The minimum Gasteiger partial charge on any atom is -0.480 e. The van der Waals surface area contributed by atoms with Gasteiger partial charge in [-0.3, -0.25) is 9.59 Å². The number of carbonyl (C=O) groups excluding carboxylic acids is 1. The highest BCUT2D eigenvalue weighted by atomic mass is 32.2. The largest absolute Gasteiger partial charge is 0.480 e. The van der Waals surface area contributed by atoms with E-state index in [1.807, 2.05) is 6.26 Å². The fourth-order valence-electron chi connectivity index (χ4n) is 1.38. The van der Waals surface area contributed by atoms with Gasteiger partial charge in [0.25, 0.3) is 0 Å². The maximum Gasteiger partial charge on any atom is 0.320 e.